The minimum Gasteiger partial charge on any atom is -0.478 e. The summed E-state index contributed by atoms with van der Waals surface area (Å²) in [5, 5.41) is 21.4. The smallest absolute Gasteiger partial charge is 0.347 e. The first kappa shape index (κ1) is 21.8. The summed E-state index contributed by atoms with van der Waals surface area (Å²) in [5.74, 6) is -0.770. The highest BCUT2D eigenvalue weighted by molar-refractivity contribution is 6.06. The third-order valence-corrected chi connectivity index (χ3v) is 6.02. The van der Waals surface area contributed by atoms with E-state index in [-0.39, 0.29) is 5.91 Å². The van der Waals surface area contributed by atoms with Crippen LogP contribution in [0.15, 0.2) is 60.8 Å². The Hall–Kier alpha value is -3.45. The Morgan fingerprint density at radius 3 is 2.50 bits per heavy atom. The van der Waals surface area contributed by atoms with Crippen molar-refractivity contribution in [3.63, 3.8) is 0 Å². The van der Waals surface area contributed by atoms with Crippen molar-refractivity contribution in [2.24, 2.45) is 0 Å². The van der Waals surface area contributed by atoms with Gasteiger partial charge in [0.05, 0.1) is 16.7 Å². The van der Waals surface area contributed by atoms with Crippen LogP contribution in [0.1, 0.15) is 42.6 Å². The lowest BCUT2D eigenvalue weighted by Gasteiger charge is -2.39. The number of rotatable bonds is 5. The SMILES string of the molecule is CC(C)(Oc1cccc(C2(O)CCN(C(=O)c3ccnc4ccccc34)CC2)c1)C(=O)O. The van der Waals surface area contributed by atoms with E-state index in [1.54, 1.807) is 41.4 Å². The lowest BCUT2D eigenvalue weighted by atomic mass is 9.84. The van der Waals surface area contributed by atoms with Gasteiger partial charge in [-0.3, -0.25) is 9.78 Å². The molecule has 0 radical (unpaired) electrons. The van der Waals surface area contributed by atoms with Crippen LogP contribution in [0.2, 0.25) is 0 Å². The van der Waals surface area contributed by atoms with Crippen LogP contribution in [-0.2, 0) is 10.4 Å². The standard InChI is InChI=1S/C25H26N2O5/c1-24(2,23(29)30)32-18-7-5-6-17(16-18)25(31)11-14-27(15-12-25)22(28)20-10-13-26-21-9-4-3-8-19(20)21/h3-10,13,16,31H,11-12,14-15H2,1-2H3,(H,29,30). The number of hydrogen-bond donors (Lipinski definition) is 2. The van der Waals surface area contributed by atoms with Gasteiger partial charge in [0.2, 0.25) is 0 Å². The maximum Gasteiger partial charge on any atom is 0.347 e. The molecule has 1 fully saturated rings. The highest BCUT2D eigenvalue weighted by atomic mass is 16.5. The van der Waals surface area contributed by atoms with Crippen LogP contribution in [0.3, 0.4) is 0 Å². The van der Waals surface area contributed by atoms with Gasteiger partial charge in [0.15, 0.2) is 5.60 Å². The topological polar surface area (TPSA) is 100.0 Å². The third kappa shape index (κ3) is 4.16. The zero-order valence-corrected chi connectivity index (χ0v) is 18.1. The molecule has 0 spiro atoms. The summed E-state index contributed by atoms with van der Waals surface area (Å²) in [4.78, 5) is 30.6. The van der Waals surface area contributed by atoms with E-state index >= 15 is 0 Å². The maximum atomic E-state index is 13.2. The summed E-state index contributed by atoms with van der Waals surface area (Å²) in [6, 6.07) is 16.2. The number of carboxylic acids is 1. The molecule has 3 aromatic rings. The summed E-state index contributed by atoms with van der Waals surface area (Å²) in [6.07, 6.45) is 2.38. The number of aliphatic carboxylic acids is 1. The van der Waals surface area contributed by atoms with Gasteiger partial charge in [-0.2, -0.15) is 0 Å². The predicted octanol–water partition coefficient (Wildman–Crippen LogP) is 3.60. The number of carboxylic acid groups (broad SMARTS) is 1. The number of pyridine rings is 1. The molecule has 7 heteroatoms. The van der Waals surface area contributed by atoms with Crippen LogP contribution in [0, 0.1) is 0 Å². The second-order valence-corrected chi connectivity index (χ2v) is 8.64. The number of ether oxygens (including phenoxy) is 1. The zero-order valence-electron chi connectivity index (χ0n) is 18.1. The molecule has 1 aromatic heterocycles. The van der Waals surface area contributed by atoms with Crippen molar-refractivity contribution in [1.29, 1.82) is 0 Å². The van der Waals surface area contributed by atoms with E-state index in [2.05, 4.69) is 4.98 Å². The molecule has 7 nitrogen and oxygen atoms in total. The molecule has 1 saturated heterocycles. The molecule has 0 aliphatic carbocycles. The van der Waals surface area contributed by atoms with Gasteiger partial charge in [0.25, 0.3) is 5.91 Å². The molecule has 166 valence electrons. The molecule has 2 N–H and O–H groups in total. The van der Waals surface area contributed by atoms with Gasteiger partial charge in [-0.05, 0) is 56.5 Å². The maximum absolute atomic E-state index is 13.2. The second-order valence-electron chi connectivity index (χ2n) is 8.64. The summed E-state index contributed by atoms with van der Waals surface area (Å²) in [5.41, 5.74) is -0.480. The van der Waals surface area contributed by atoms with Crippen LogP contribution in [-0.4, -0.2) is 50.7 Å². The Balaban J connectivity index is 1.50. The van der Waals surface area contributed by atoms with Crippen LogP contribution in [0.5, 0.6) is 5.75 Å². The predicted molar refractivity (Wildman–Crippen MR) is 120 cm³/mol. The molecular formula is C25H26N2O5. The summed E-state index contributed by atoms with van der Waals surface area (Å²) in [6.45, 7) is 3.75. The third-order valence-electron chi connectivity index (χ3n) is 6.02. The molecule has 0 atom stereocenters. The van der Waals surface area contributed by atoms with E-state index in [0.29, 0.717) is 42.8 Å². The first-order chi connectivity index (χ1) is 15.2. The van der Waals surface area contributed by atoms with Crippen molar-refractivity contribution in [3.8, 4) is 5.75 Å². The minimum atomic E-state index is -1.38. The van der Waals surface area contributed by atoms with Crippen LogP contribution in [0.25, 0.3) is 10.9 Å². The zero-order chi connectivity index (χ0) is 22.9. The number of likely N-dealkylation sites (tertiary alicyclic amines) is 1. The molecular weight excluding hydrogens is 408 g/mol. The monoisotopic (exact) mass is 434 g/mol. The van der Waals surface area contributed by atoms with Gasteiger partial charge in [0, 0.05) is 24.7 Å². The van der Waals surface area contributed by atoms with Gasteiger partial charge >= 0.3 is 5.97 Å². The Bertz CT molecular complexity index is 1160. The number of carbonyl (C=O) groups excluding carboxylic acids is 1. The quantitative estimate of drug-likeness (QED) is 0.637. The largest absolute Gasteiger partial charge is 0.478 e. The lowest BCUT2D eigenvalue weighted by molar-refractivity contribution is -0.152. The molecule has 1 amide bonds. The van der Waals surface area contributed by atoms with Crippen LogP contribution >= 0.6 is 0 Å². The number of para-hydroxylation sites is 1. The summed E-state index contributed by atoms with van der Waals surface area (Å²) < 4.78 is 5.62. The lowest BCUT2D eigenvalue weighted by Crippen LogP contribution is -2.45. The van der Waals surface area contributed by atoms with Gasteiger partial charge in [-0.1, -0.05) is 30.3 Å². The molecule has 32 heavy (non-hydrogen) atoms. The van der Waals surface area contributed by atoms with E-state index < -0.39 is 17.2 Å². The number of amides is 1. The van der Waals surface area contributed by atoms with Gasteiger partial charge in [-0.15, -0.1) is 0 Å². The van der Waals surface area contributed by atoms with E-state index in [9.17, 15) is 19.8 Å². The number of aliphatic hydroxyl groups is 1. The van der Waals surface area contributed by atoms with Crippen molar-refractivity contribution in [2.45, 2.75) is 37.9 Å². The fourth-order valence-corrected chi connectivity index (χ4v) is 4.01. The minimum absolute atomic E-state index is 0.0778. The van der Waals surface area contributed by atoms with Crippen molar-refractivity contribution in [1.82, 2.24) is 9.88 Å². The van der Waals surface area contributed by atoms with Crippen molar-refractivity contribution in [3.05, 3.63) is 71.9 Å². The summed E-state index contributed by atoms with van der Waals surface area (Å²) in [7, 11) is 0. The molecule has 1 aliphatic heterocycles. The van der Waals surface area contributed by atoms with E-state index in [4.69, 9.17) is 4.74 Å². The Kier molecular flexibility index (Phi) is 5.60. The Labute approximate surface area is 186 Å². The van der Waals surface area contributed by atoms with Crippen LogP contribution < -0.4 is 4.74 Å². The van der Waals surface area contributed by atoms with E-state index in [1.807, 2.05) is 24.3 Å². The number of benzene rings is 2. The molecule has 1 aliphatic rings. The van der Waals surface area contributed by atoms with Gasteiger partial charge in [-0.25, -0.2) is 4.79 Å². The number of fused-ring (bicyclic) bond motifs is 1. The number of nitrogens with zero attached hydrogens (tertiary/aromatic N) is 2. The normalized spacial score (nSPS) is 16.0. The Morgan fingerprint density at radius 1 is 1.06 bits per heavy atom. The number of aromatic nitrogens is 1. The molecule has 2 heterocycles. The molecule has 0 saturated carbocycles. The van der Waals surface area contributed by atoms with Crippen molar-refractivity contribution in [2.75, 3.05) is 13.1 Å². The van der Waals surface area contributed by atoms with E-state index in [0.717, 1.165) is 10.9 Å². The molecule has 0 bridgehead atoms. The molecule has 0 unspecified atom stereocenters. The first-order valence-electron chi connectivity index (χ1n) is 10.6. The average molecular weight is 434 g/mol. The number of piperidine rings is 1. The second kappa shape index (κ2) is 8.24. The van der Waals surface area contributed by atoms with Gasteiger partial charge in [0.1, 0.15) is 5.75 Å². The highest BCUT2D eigenvalue weighted by Gasteiger charge is 2.37. The number of hydrogen-bond acceptors (Lipinski definition) is 5. The van der Waals surface area contributed by atoms with E-state index in [1.165, 1.54) is 13.8 Å². The van der Waals surface area contributed by atoms with Crippen molar-refractivity contribution >= 4 is 22.8 Å². The number of carbonyl (C=O) groups is 2. The highest BCUT2D eigenvalue weighted by Crippen LogP contribution is 2.35. The van der Waals surface area contributed by atoms with Crippen molar-refractivity contribution < 1.29 is 24.5 Å². The Morgan fingerprint density at radius 2 is 1.78 bits per heavy atom. The first-order valence-corrected chi connectivity index (χ1v) is 10.6. The molecule has 4 rings (SSSR count). The fourth-order valence-electron chi connectivity index (χ4n) is 4.01. The summed E-state index contributed by atoms with van der Waals surface area (Å²) >= 11 is 0. The average Bonchev–Trinajstić information content (AvgIpc) is 2.78. The van der Waals surface area contributed by atoms with Gasteiger partial charge < -0.3 is 19.8 Å². The molecule has 2 aromatic carbocycles. The fraction of sp³-hybridized carbons (Fsp3) is 0.320. The van der Waals surface area contributed by atoms with Crippen LogP contribution in [0.4, 0.5) is 0 Å².